The molecule has 4 nitrogen and oxygen atoms in total. The molecule has 0 bridgehead atoms. The van der Waals surface area contributed by atoms with Crippen molar-refractivity contribution in [2.45, 2.75) is 24.9 Å². The summed E-state index contributed by atoms with van der Waals surface area (Å²) in [5.74, 6) is 0.742. The molecule has 0 unspecified atom stereocenters. The maximum absolute atomic E-state index is 4.21. The molecule has 0 radical (unpaired) electrons. The summed E-state index contributed by atoms with van der Waals surface area (Å²) in [5, 5.41) is 3.39. The van der Waals surface area contributed by atoms with Crippen LogP contribution in [0.1, 0.15) is 11.1 Å². The topological polar surface area (TPSA) is 41.1 Å². The summed E-state index contributed by atoms with van der Waals surface area (Å²) >= 11 is 0. The molecule has 20 heavy (non-hydrogen) atoms. The van der Waals surface area contributed by atoms with Crippen molar-refractivity contribution in [2.24, 2.45) is 0 Å². The lowest BCUT2D eigenvalue weighted by molar-refractivity contribution is 0.107. The lowest BCUT2D eigenvalue weighted by atomic mass is 10.0. The second-order valence-corrected chi connectivity index (χ2v) is 5.70. The van der Waals surface area contributed by atoms with Gasteiger partial charge in [-0.15, -0.1) is 0 Å². The summed E-state index contributed by atoms with van der Waals surface area (Å²) in [7, 11) is 0. The fourth-order valence-corrected chi connectivity index (χ4v) is 3.25. The number of anilines is 1. The molecule has 0 atom stereocenters. The number of benzene rings is 1. The van der Waals surface area contributed by atoms with Crippen molar-refractivity contribution in [1.82, 2.24) is 14.9 Å². The van der Waals surface area contributed by atoms with Crippen molar-refractivity contribution in [3.63, 3.8) is 0 Å². The van der Waals surface area contributed by atoms with Crippen LogP contribution in [0.5, 0.6) is 0 Å². The monoisotopic (exact) mass is 266 g/mol. The van der Waals surface area contributed by atoms with E-state index >= 15 is 0 Å². The predicted octanol–water partition coefficient (Wildman–Crippen LogP) is 1.74. The van der Waals surface area contributed by atoms with Crippen LogP contribution in [0.25, 0.3) is 0 Å². The first-order chi connectivity index (χ1) is 9.88. The number of hydrogen-bond acceptors (Lipinski definition) is 4. The summed E-state index contributed by atoms with van der Waals surface area (Å²) in [6, 6.07) is 11.8. The van der Waals surface area contributed by atoms with Gasteiger partial charge in [0.05, 0.1) is 6.04 Å². The maximum Gasteiger partial charge on any atom is 0.222 e. The first-order valence-electron chi connectivity index (χ1n) is 7.23. The Morgan fingerprint density at radius 1 is 0.950 bits per heavy atom. The van der Waals surface area contributed by atoms with Crippen LogP contribution in [0.4, 0.5) is 5.95 Å². The van der Waals surface area contributed by atoms with E-state index in [0.717, 1.165) is 19.0 Å². The zero-order valence-corrected chi connectivity index (χ0v) is 11.4. The number of fused-ring (bicyclic) bond motifs is 1. The fraction of sp³-hybridized carbons (Fsp3) is 0.375. The Morgan fingerprint density at radius 3 is 2.25 bits per heavy atom. The lowest BCUT2D eigenvalue weighted by Gasteiger charge is -2.43. The SMILES string of the molecule is c1cnc(NC2CN(C3Cc4ccccc4C3)C2)nc1. The number of rotatable bonds is 3. The second kappa shape index (κ2) is 4.87. The van der Waals surface area contributed by atoms with Gasteiger partial charge in [0.1, 0.15) is 0 Å². The molecule has 4 heteroatoms. The van der Waals surface area contributed by atoms with Crippen LogP contribution < -0.4 is 5.32 Å². The third-order valence-electron chi connectivity index (χ3n) is 4.35. The third-order valence-corrected chi connectivity index (χ3v) is 4.35. The highest BCUT2D eigenvalue weighted by molar-refractivity contribution is 5.34. The molecule has 2 aliphatic rings. The molecular formula is C16H18N4. The van der Waals surface area contributed by atoms with Crippen LogP contribution in [0, 0.1) is 0 Å². The van der Waals surface area contributed by atoms with Crippen LogP contribution in [0.2, 0.25) is 0 Å². The molecule has 0 saturated carbocycles. The van der Waals surface area contributed by atoms with Gasteiger partial charge in [-0.1, -0.05) is 24.3 Å². The van der Waals surface area contributed by atoms with Gasteiger partial charge in [0.15, 0.2) is 0 Å². The zero-order valence-electron chi connectivity index (χ0n) is 11.4. The zero-order chi connectivity index (χ0) is 13.4. The summed E-state index contributed by atoms with van der Waals surface area (Å²) < 4.78 is 0. The van der Waals surface area contributed by atoms with E-state index in [1.54, 1.807) is 12.4 Å². The van der Waals surface area contributed by atoms with Gasteiger partial charge in [0, 0.05) is 31.5 Å². The number of likely N-dealkylation sites (tertiary alicyclic amines) is 1. The van der Waals surface area contributed by atoms with Gasteiger partial charge in [-0.2, -0.15) is 0 Å². The molecular weight excluding hydrogens is 248 g/mol. The van der Waals surface area contributed by atoms with Crippen LogP contribution >= 0.6 is 0 Å². The molecule has 1 aliphatic heterocycles. The summed E-state index contributed by atoms with van der Waals surface area (Å²) in [6.07, 6.45) is 5.95. The number of hydrogen-bond donors (Lipinski definition) is 1. The summed E-state index contributed by atoms with van der Waals surface area (Å²) in [6.45, 7) is 2.19. The van der Waals surface area contributed by atoms with E-state index < -0.39 is 0 Å². The average Bonchev–Trinajstić information content (AvgIpc) is 2.86. The van der Waals surface area contributed by atoms with Gasteiger partial charge in [-0.05, 0) is 30.0 Å². The van der Waals surface area contributed by atoms with E-state index in [2.05, 4.69) is 44.5 Å². The van der Waals surface area contributed by atoms with Crippen molar-refractivity contribution in [3.8, 4) is 0 Å². The Labute approximate surface area is 118 Å². The van der Waals surface area contributed by atoms with Crippen molar-refractivity contribution < 1.29 is 0 Å². The normalized spacial score (nSPS) is 19.6. The van der Waals surface area contributed by atoms with E-state index in [1.807, 2.05) is 6.07 Å². The Morgan fingerprint density at radius 2 is 1.60 bits per heavy atom. The smallest absolute Gasteiger partial charge is 0.222 e. The minimum Gasteiger partial charge on any atom is -0.349 e. The van der Waals surface area contributed by atoms with E-state index in [0.29, 0.717) is 12.1 Å². The number of nitrogens with one attached hydrogen (secondary N) is 1. The first kappa shape index (κ1) is 11.9. The van der Waals surface area contributed by atoms with E-state index in [4.69, 9.17) is 0 Å². The van der Waals surface area contributed by atoms with Crippen LogP contribution in [0.3, 0.4) is 0 Å². The summed E-state index contributed by atoms with van der Waals surface area (Å²) in [4.78, 5) is 11.0. The van der Waals surface area contributed by atoms with Crippen molar-refractivity contribution in [1.29, 1.82) is 0 Å². The van der Waals surface area contributed by atoms with Crippen molar-refractivity contribution in [3.05, 3.63) is 53.9 Å². The predicted molar refractivity (Wildman–Crippen MR) is 78.7 cm³/mol. The van der Waals surface area contributed by atoms with Gasteiger partial charge in [-0.3, -0.25) is 4.90 Å². The quantitative estimate of drug-likeness (QED) is 0.919. The second-order valence-electron chi connectivity index (χ2n) is 5.70. The molecule has 2 aromatic rings. The molecule has 102 valence electrons. The van der Waals surface area contributed by atoms with Crippen LogP contribution in [-0.2, 0) is 12.8 Å². The number of nitrogens with zero attached hydrogens (tertiary/aromatic N) is 3. The average molecular weight is 266 g/mol. The highest BCUT2D eigenvalue weighted by Gasteiger charge is 2.35. The molecule has 1 fully saturated rings. The molecule has 0 spiro atoms. The van der Waals surface area contributed by atoms with Crippen molar-refractivity contribution in [2.75, 3.05) is 18.4 Å². The molecule has 1 aromatic carbocycles. The van der Waals surface area contributed by atoms with Crippen molar-refractivity contribution >= 4 is 5.95 Å². The van der Waals surface area contributed by atoms with E-state index in [1.165, 1.54) is 24.0 Å². The van der Waals surface area contributed by atoms with E-state index in [-0.39, 0.29) is 0 Å². The molecule has 1 aliphatic carbocycles. The largest absolute Gasteiger partial charge is 0.349 e. The number of aromatic nitrogens is 2. The van der Waals surface area contributed by atoms with Gasteiger partial charge in [0.25, 0.3) is 0 Å². The Bertz CT molecular complexity index is 567. The van der Waals surface area contributed by atoms with Gasteiger partial charge < -0.3 is 5.32 Å². The molecule has 2 heterocycles. The van der Waals surface area contributed by atoms with Crippen LogP contribution in [0.15, 0.2) is 42.7 Å². The fourth-order valence-electron chi connectivity index (χ4n) is 3.25. The minimum atomic E-state index is 0.487. The molecule has 4 rings (SSSR count). The molecule has 1 saturated heterocycles. The van der Waals surface area contributed by atoms with Gasteiger partial charge in [0.2, 0.25) is 5.95 Å². The lowest BCUT2D eigenvalue weighted by Crippen LogP contribution is -2.58. The van der Waals surface area contributed by atoms with Crippen LogP contribution in [-0.4, -0.2) is 40.0 Å². The Kier molecular flexibility index (Phi) is 2.89. The van der Waals surface area contributed by atoms with Gasteiger partial charge in [-0.25, -0.2) is 9.97 Å². The Balaban J connectivity index is 1.32. The highest BCUT2D eigenvalue weighted by Crippen LogP contribution is 2.28. The standard InChI is InChI=1S/C16H18N4/c1-2-5-13-9-15(8-12(13)4-1)20-10-14(11-20)19-16-17-6-3-7-18-16/h1-7,14-15H,8-11H2,(H,17,18,19). The first-order valence-corrected chi connectivity index (χ1v) is 7.23. The van der Waals surface area contributed by atoms with E-state index in [9.17, 15) is 0 Å². The molecule has 1 aromatic heterocycles. The Hall–Kier alpha value is -1.94. The maximum atomic E-state index is 4.21. The minimum absolute atomic E-state index is 0.487. The van der Waals surface area contributed by atoms with Gasteiger partial charge >= 0.3 is 0 Å². The third kappa shape index (κ3) is 2.16. The molecule has 1 N–H and O–H groups in total. The highest BCUT2D eigenvalue weighted by atomic mass is 15.3. The summed E-state index contributed by atoms with van der Waals surface area (Å²) in [5.41, 5.74) is 3.06. The molecule has 0 amide bonds.